The molecule has 0 aliphatic heterocycles. The lowest BCUT2D eigenvalue weighted by molar-refractivity contribution is 0.0954. The first-order valence-corrected chi connectivity index (χ1v) is 9.87. The molecule has 0 aliphatic carbocycles. The number of pyridine rings is 1. The minimum absolute atomic E-state index is 0.365. The minimum Gasteiger partial charge on any atom is -0.493 e. The Hall–Kier alpha value is -4.33. The number of hydrogen-bond acceptors (Lipinski definition) is 6. The van der Waals surface area contributed by atoms with Gasteiger partial charge in [-0.15, -0.1) is 0 Å². The van der Waals surface area contributed by atoms with Crippen molar-refractivity contribution in [1.82, 2.24) is 15.4 Å². The van der Waals surface area contributed by atoms with Gasteiger partial charge in [-0.05, 0) is 23.8 Å². The predicted octanol–water partition coefficient (Wildman–Crippen LogP) is 3.92. The van der Waals surface area contributed by atoms with Crippen LogP contribution in [0, 0.1) is 0 Å². The highest BCUT2D eigenvalue weighted by atomic mass is 16.5. The van der Waals surface area contributed by atoms with E-state index in [9.17, 15) is 4.79 Å². The highest BCUT2D eigenvalue weighted by Crippen LogP contribution is 2.27. The molecule has 0 bridgehead atoms. The van der Waals surface area contributed by atoms with E-state index in [1.54, 1.807) is 36.8 Å². The van der Waals surface area contributed by atoms with Gasteiger partial charge in [-0.25, -0.2) is 10.4 Å². The van der Waals surface area contributed by atoms with Crippen molar-refractivity contribution in [3.63, 3.8) is 0 Å². The second kappa shape index (κ2) is 9.65. The fourth-order valence-electron chi connectivity index (χ4n) is 3.14. The zero-order chi connectivity index (χ0) is 22.3. The summed E-state index contributed by atoms with van der Waals surface area (Å²) in [4.78, 5) is 19.9. The number of aromatic nitrogens is 2. The summed E-state index contributed by atoms with van der Waals surface area (Å²) >= 11 is 0. The number of carbonyl (C=O) groups is 1. The minimum atomic E-state index is -0.365. The molecule has 2 aromatic heterocycles. The van der Waals surface area contributed by atoms with Crippen molar-refractivity contribution in [2.45, 2.75) is 6.61 Å². The first kappa shape index (κ1) is 20.9. The third-order valence-corrected chi connectivity index (χ3v) is 4.82. The number of rotatable bonds is 8. The molecular weight excluding hydrogens is 408 g/mol. The number of hydrogen-bond donors (Lipinski definition) is 2. The Labute approximate surface area is 184 Å². The number of nitrogens with one attached hydrogen (secondary N) is 2. The summed E-state index contributed by atoms with van der Waals surface area (Å²) in [5.41, 5.74) is 5.62. The molecule has 4 rings (SSSR count). The number of benzene rings is 2. The quantitative estimate of drug-likeness (QED) is 0.326. The van der Waals surface area contributed by atoms with Crippen molar-refractivity contribution in [2.75, 3.05) is 14.2 Å². The number of amides is 1. The highest BCUT2D eigenvalue weighted by Gasteiger charge is 2.10. The number of ether oxygens (including phenoxy) is 3. The van der Waals surface area contributed by atoms with E-state index in [0.29, 0.717) is 29.5 Å². The van der Waals surface area contributed by atoms with E-state index in [0.717, 1.165) is 22.0 Å². The Morgan fingerprint density at radius 2 is 1.91 bits per heavy atom. The fraction of sp³-hybridized carbons (Fsp3) is 0.125. The zero-order valence-corrected chi connectivity index (χ0v) is 17.7. The third kappa shape index (κ3) is 4.70. The summed E-state index contributed by atoms with van der Waals surface area (Å²) in [5, 5.41) is 4.97. The SMILES string of the molecule is COc1ccc(C(=O)NN=Cc2c[nH]c3cnc(OCc4ccccc4)cc23)cc1OC. The molecule has 2 N–H and O–H groups in total. The second-order valence-electron chi connectivity index (χ2n) is 6.86. The molecular formula is C24H22N4O4. The van der Waals surface area contributed by atoms with E-state index in [-0.39, 0.29) is 5.91 Å². The molecule has 4 aromatic rings. The first-order chi connectivity index (χ1) is 15.7. The summed E-state index contributed by atoms with van der Waals surface area (Å²) in [6.45, 7) is 0.425. The average molecular weight is 430 g/mol. The van der Waals surface area contributed by atoms with Gasteiger partial charge in [-0.1, -0.05) is 30.3 Å². The van der Waals surface area contributed by atoms with Crippen molar-refractivity contribution in [3.05, 3.63) is 83.7 Å². The Bertz CT molecular complexity index is 1250. The molecule has 8 nitrogen and oxygen atoms in total. The molecule has 0 unspecified atom stereocenters. The smallest absolute Gasteiger partial charge is 0.271 e. The monoisotopic (exact) mass is 430 g/mol. The van der Waals surface area contributed by atoms with Gasteiger partial charge in [0.05, 0.1) is 32.1 Å². The van der Waals surface area contributed by atoms with Gasteiger partial charge in [0, 0.05) is 28.8 Å². The summed E-state index contributed by atoms with van der Waals surface area (Å²) in [7, 11) is 3.05. The van der Waals surface area contributed by atoms with Crippen molar-refractivity contribution in [3.8, 4) is 17.4 Å². The first-order valence-electron chi connectivity index (χ1n) is 9.87. The normalized spacial score (nSPS) is 10.9. The molecule has 32 heavy (non-hydrogen) atoms. The number of aromatic amines is 1. The van der Waals surface area contributed by atoms with Crippen LogP contribution in [-0.4, -0.2) is 36.3 Å². The lowest BCUT2D eigenvalue weighted by Crippen LogP contribution is -2.17. The molecule has 0 atom stereocenters. The molecule has 162 valence electrons. The Morgan fingerprint density at radius 3 is 2.69 bits per heavy atom. The predicted molar refractivity (Wildman–Crippen MR) is 121 cm³/mol. The molecule has 0 fully saturated rings. The average Bonchev–Trinajstić information content (AvgIpc) is 3.25. The van der Waals surface area contributed by atoms with Crippen LogP contribution in [0.1, 0.15) is 21.5 Å². The standard InChI is InChI=1S/C24H22N4O4/c1-30-21-9-8-17(10-22(21)31-2)24(29)28-27-13-18-12-25-20-14-26-23(11-19(18)20)32-15-16-6-4-3-5-7-16/h3-14,25H,15H2,1-2H3,(H,28,29). The Balaban J connectivity index is 1.45. The van der Waals surface area contributed by atoms with Gasteiger partial charge in [0.2, 0.25) is 5.88 Å². The van der Waals surface area contributed by atoms with E-state index in [4.69, 9.17) is 14.2 Å². The molecule has 2 aromatic carbocycles. The van der Waals surface area contributed by atoms with Crippen molar-refractivity contribution >= 4 is 23.0 Å². The molecule has 0 saturated heterocycles. The van der Waals surface area contributed by atoms with Gasteiger partial charge >= 0.3 is 0 Å². The number of H-pyrrole nitrogens is 1. The molecule has 2 heterocycles. The van der Waals surface area contributed by atoms with Gasteiger partial charge in [0.1, 0.15) is 6.61 Å². The fourth-order valence-corrected chi connectivity index (χ4v) is 3.14. The Kier molecular flexibility index (Phi) is 6.31. The maximum atomic E-state index is 12.4. The van der Waals surface area contributed by atoms with E-state index in [2.05, 4.69) is 20.5 Å². The number of nitrogens with zero attached hydrogens (tertiary/aromatic N) is 2. The van der Waals surface area contributed by atoms with E-state index >= 15 is 0 Å². The van der Waals surface area contributed by atoms with E-state index in [1.165, 1.54) is 14.2 Å². The third-order valence-electron chi connectivity index (χ3n) is 4.82. The van der Waals surface area contributed by atoms with Gasteiger partial charge in [0.25, 0.3) is 5.91 Å². The highest BCUT2D eigenvalue weighted by molar-refractivity contribution is 6.00. The summed E-state index contributed by atoms with van der Waals surface area (Å²) in [6, 6.07) is 16.6. The molecule has 0 saturated carbocycles. The Morgan fingerprint density at radius 1 is 1.09 bits per heavy atom. The van der Waals surface area contributed by atoms with Crippen LogP contribution >= 0.6 is 0 Å². The van der Waals surface area contributed by atoms with E-state index < -0.39 is 0 Å². The van der Waals surface area contributed by atoms with Crippen LogP contribution in [0.3, 0.4) is 0 Å². The van der Waals surface area contributed by atoms with Crippen LogP contribution in [0.4, 0.5) is 0 Å². The van der Waals surface area contributed by atoms with Crippen molar-refractivity contribution < 1.29 is 19.0 Å². The molecule has 8 heteroatoms. The lowest BCUT2D eigenvalue weighted by Gasteiger charge is -2.08. The summed E-state index contributed by atoms with van der Waals surface area (Å²) in [6.07, 6.45) is 5.06. The number of methoxy groups -OCH3 is 2. The van der Waals surface area contributed by atoms with Crippen LogP contribution in [-0.2, 0) is 6.61 Å². The van der Waals surface area contributed by atoms with Gasteiger partial charge < -0.3 is 19.2 Å². The van der Waals surface area contributed by atoms with Gasteiger partial charge in [0.15, 0.2) is 11.5 Å². The van der Waals surface area contributed by atoms with Crippen LogP contribution in [0.15, 0.2) is 72.1 Å². The largest absolute Gasteiger partial charge is 0.493 e. The second-order valence-corrected chi connectivity index (χ2v) is 6.86. The van der Waals surface area contributed by atoms with Crippen LogP contribution < -0.4 is 19.6 Å². The maximum absolute atomic E-state index is 12.4. The zero-order valence-electron chi connectivity index (χ0n) is 17.7. The molecule has 0 aliphatic rings. The molecule has 1 amide bonds. The van der Waals surface area contributed by atoms with Crippen LogP contribution in [0.2, 0.25) is 0 Å². The number of hydrazone groups is 1. The van der Waals surface area contributed by atoms with Crippen molar-refractivity contribution in [2.24, 2.45) is 5.10 Å². The summed E-state index contributed by atoms with van der Waals surface area (Å²) in [5.74, 6) is 1.15. The van der Waals surface area contributed by atoms with Crippen LogP contribution in [0.25, 0.3) is 10.9 Å². The van der Waals surface area contributed by atoms with Gasteiger partial charge in [-0.3, -0.25) is 4.79 Å². The maximum Gasteiger partial charge on any atom is 0.271 e. The number of fused-ring (bicyclic) bond motifs is 1. The van der Waals surface area contributed by atoms with E-state index in [1.807, 2.05) is 36.4 Å². The van der Waals surface area contributed by atoms with Crippen LogP contribution in [0.5, 0.6) is 17.4 Å². The number of carbonyl (C=O) groups excluding carboxylic acids is 1. The summed E-state index contributed by atoms with van der Waals surface area (Å²) < 4.78 is 16.2. The topological polar surface area (TPSA) is 97.8 Å². The lowest BCUT2D eigenvalue weighted by atomic mass is 10.2. The molecule has 0 radical (unpaired) electrons. The van der Waals surface area contributed by atoms with Gasteiger partial charge in [-0.2, -0.15) is 5.10 Å². The molecule has 0 spiro atoms. The van der Waals surface area contributed by atoms with Crippen molar-refractivity contribution in [1.29, 1.82) is 0 Å².